The number of carboxylic acids is 1. The van der Waals surface area contributed by atoms with E-state index in [-0.39, 0.29) is 13.8 Å². The van der Waals surface area contributed by atoms with E-state index in [4.69, 9.17) is 15.3 Å². The fraction of sp³-hybridized carbons (Fsp3) is 0.933. The van der Waals surface area contributed by atoms with Crippen LogP contribution >= 0.6 is 0 Å². The summed E-state index contributed by atoms with van der Waals surface area (Å²) in [5, 5.41) is 24.5. The highest BCUT2D eigenvalue weighted by atomic mass is 19.4. The summed E-state index contributed by atoms with van der Waals surface area (Å²) in [4.78, 5) is 10.8. The van der Waals surface area contributed by atoms with Crippen molar-refractivity contribution in [2.45, 2.75) is 80.1 Å². The van der Waals surface area contributed by atoms with E-state index in [1.54, 1.807) is 0 Å². The largest absolute Gasteiger partial charge is 0.481 e. The van der Waals surface area contributed by atoms with Crippen LogP contribution in [0.5, 0.6) is 0 Å². The van der Waals surface area contributed by atoms with Crippen molar-refractivity contribution >= 4 is 5.97 Å². The Bertz CT molecular complexity index is 847. The summed E-state index contributed by atoms with van der Waals surface area (Å²) in [6.45, 7) is -2.15. The molecule has 0 aliphatic rings. The van der Waals surface area contributed by atoms with Crippen LogP contribution < -0.4 is 0 Å². The molecule has 0 bridgehead atoms. The molecule has 0 fully saturated rings. The van der Waals surface area contributed by atoms with Crippen LogP contribution in [0.2, 0.25) is 0 Å². The molecule has 0 aliphatic heterocycles. The summed E-state index contributed by atoms with van der Waals surface area (Å²) < 4.78 is 233. The van der Waals surface area contributed by atoms with Gasteiger partial charge in [-0.2, -0.15) is 61.5 Å². The summed E-state index contributed by atoms with van der Waals surface area (Å²) in [7, 11) is 0. The van der Waals surface area contributed by atoms with Gasteiger partial charge in [0.15, 0.2) is 0 Å². The fourth-order valence-electron chi connectivity index (χ4n) is 2.37. The zero-order chi connectivity index (χ0) is 30.2. The van der Waals surface area contributed by atoms with E-state index in [0.29, 0.717) is 0 Å². The van der Waals surface area contributed by atoms with E-state index in [1.165, 1.54) is 0 Å². The van der Waals surface area contributed by atoms with Crippen LogP contribution in [-0.2, 0) is 4.79 Å². The van der Waals surface area contributed by atoms with E-state index < -0.39 is 77.6 Å². The number of aliphatic carboxylic acids is 1. The first-order valence-electron chi connectivity index (χ1n) is 8.45. The highest BCUT2D eigenvalue weighted by Gasteiger charge is 2.96. The average molecular weight is 580 g/mol. The van der Waals surface area contributed by atoms with Gasteiger partial charge in [-0.15, -0.1) is 0 Å². The molecule has 4 nitrogen and oxygen atoms in total. The smallest absolute Gasteiger partial charge is 0.385 e. The summed E-state index contributed by atoms with van der Waals surface area (Å²) >= 11 is 0. The van der Waals surface area contributed by atoms with Crippen LogP contribution in [0.1, 0.15) is 20.8 Å². The summed E-state index contributed by atoms with van der Waals surface area (Å²) in [6.07, 6.45) is -5.07. The Kier molecular flexibility index (Phi) is 7.93. The van der Waals surface area contributed by atoms with Crippen molar-refractivity contribution in [1.82, 2.24) is 0 Å². The van der Waals surface area contributed by atoms with Gasteiger partial charge >= 0.3 is 53.3 Å². The van der Waals surface area contributed by atoms with E-state index in [0.717, 1.165) is 0 Å². The first kappa shape index (κ1) is 34.2. The van der Waals surface area contributed by atoms with Crippen LogP contribution in [0.4, 0.5) is 74.6 Å². The predicted molar refractivity (Wildman–Crippen MR) is 78.7 cm³/mol. The minimum absolute atomic E-state index is 0.356. The molecule has 0 aliphatic carbocycles. The number of alkyl halides is 17. The molecule has 0 rings (SSSR count). The first-order chi connectivity index (χ1) is 15.1. The van der Waals surface area contributed by atoms with Crippen molar-refractivity contribution < 1.29 is 94.8 Å². The number of carbonyl (C=O) groups is 1. The monoisotopic (exact) mass is 580 g/mol. The Morgan fingerprint density at radius 1 is 0.500 bits per heavy atom. The van der Waals surface area contributed by atoms with Gasteiger partial charge in [-0.3, -0.25) is 4.79 Å². The Hall–Kier alpha value is -1.80. The highest BCUT2D eigenvalue weighted by Crippen LogP contribution is 2.66. The number of rotatable bonds is 11. The van der Waals surface area contributed by atoms with E-state index in [2.05, 4.69) is 0 Å². The number of hydrogen-bond acceptors (Lipinski definition) is 3. The van der Waals surface area contributed by atoms with Crippen molar-refractivity contribution in [2.75, 3.05) is 0 Å². The fourth-order valence-corrected chi connectivity index (χ4v) is 2.37. The lowest BCUT2D eigenvalue weighted by molar-refractivity contribution is -0.461. The van der Waals surface area contributed by atoms with Gasteiger partial charge in [-0.25, -0.2) is 13.2 Å². The second-order valence-electron chi connectivity index (χ2n) is 7.95. The maximum atomic E-state index is 14.4. The Balaban J connectivity index is 7.18. The third-order valence-electron chi connectivity index (χ3n) is 5.21. The second-order valence-corrected chi connectivity index (χ2v) is 7.95. The van der Waals surface area contributed by atoms with Gasteiger partial charge in [0.2, 0.25) is 12.0 Å². The number of halogens is 17. The van der Waals surface area contributed by atoms with Gasteiger partial charge in [0.05, 0.1) is 0 Å². The topological polar surface area (TPSA) is 77.8 Å². The SMILES string of the molecule is CC(C)(C(=O)O)C(F)(F)C(C)(F)C(F)(F)C(F)(F)C(F)(F)C(F)(F)C(F)(F)C(F)(F)C(F)(F)C(O)O. The minimum atomic E-state index is -8.80. The third kappa shape index (κ3) is 3.77. The van der Waals surface area contributed by atoms with Crippen LogP contribution in [0.25, 0.3) is 0 Å². The standard InChI is InChI=1S/C15H13F17O4/c1-6(2,4(33)34)9(19,20)7(3,16)10(21,22)12(25,26)14(29,30)15(31,32)13(27,28)11(23,24)8(17,18)5(35)36/h5,35-36H,1-3H3,(H,33,34). The number of aliphatic hydroxyl groups is 2. The molecule has 3 N–H and O–H groups in total. The van der Waals surface area contributed by atoms with Gasteiger partial charge in [0, 0.05) is 0 Å². The summed E-state index contributed by atoms with van der Waals surface area (Å²) in [5.74, 6) is -67.7. The van der Waals surface area contributed by atoms with Crippen LogP contribution in [0.15, 0.2) is 0 Å². The highest BCUT2D eigenvalue weighted by molar-refractivity contribution is 5.75. The molecule has 0 heterocycles. The lowest BCUT2D eigenvalue weighted by atomic mass is 9.72. The summed E-state index contributed by atoms with van der Waals surface area (Å²) in [6, 6.07) is 0. The molecule has 21 heteroatoms. The van der Waals surface area contributed by atoms with E-state index in [9.17, 15) is 79.4 Å². The van der Waals surface area contributed by atoms with Crippen molar-refractivity contribution in [3.8, 4) is 0 Å². The van der Waals surface area contributed by atoms with Crippen molar-refractivity contribution in [1.29, 1.82) is 0 Å². The van der Waals surface area contributed by atoms with Crippen molar-refractivity contribution in [2.24, 2.45) is 5.41 Å². The summed E-state index contributed by atoms with van der Waals surface area (Å²) in [5.41, 5.74) is -10.9. The van der Waals surface area contributed by atoms with Gasteiger partial charge in [0.25, 0.3) is 0 Å². The molecule has 36 heavy (non-hydrogen) atoms. The van der Waals surface area contributed by atoms with Crippen molar-refractivity contribution in [3.05, 3.63) is 0 Å². The Labute approximate surface area is 187 Å². The number of hydrogen-bond donors (Lipinski definition) is 3. The van der Waals surface area contributed by atoms with Gasteiger partial charge in [-0.05, 0) is 20.8 Å². The molecule has 216 valence electrons. The van der Waals surface area contributed by atoms with Gasteiger partial charge in [0.1, 0.15) is 5.41 Å². The van der Waals surface area contributed by atoms with Crippen molar-refractivity contribution in [3.63, 3.8) is 0 Å². The van der Waals surface area contributed by atoms with Crippen LogP contribution in [0.3, 0.4) is 0 Å². The molecule has 0 saturated carbocycles. The van der Waals surface area contributed by atoms with E-state index >= 15 is 0 Å². The minimum Gasteiger partial charge on any atom is -0.481 e. The molecule has 0 aromatic rings. The normalized spacial score (nSPS) is 17.9. The van der Waals surface area contributed by atoms with Crippen LogP contribution in [0, 0.1) is 5.41 Å². The Morgan fingerprint density at radius 2 is 0.750 bits per heavy atom. The number of carboxylic acid groups (broad SMARTS) is 1. The zero-order valence-corrected chi connectivity index (χ0v) is 17.3. The molecule has 0 aromatic heterocycles. The van der Waals surface area contributed by atoms with Gasteiger partial charge < -0.3 is 15.3 Å². The molecule has 0 radical (unpaired) electrons. The third-order valence-corrected chi connectivity index (χ3v) is 5.21. The maximum Gasteiger partial charge on any atom is 0.385 e. The first-order valence-corrected chi connectivity index (χ1v) is 8.45. The molecular weight excluding hydrogens is 567 g/mol. The molecule has 1 unspecified atom stereocenters. The molecule has 0 aromatic carbocycles. The maximum absolute atomic E-state index is 14.4. The quantitative estimate of drug-likeness (QED) is 0.232. The molecule has 0 spiro atoms. The molecule has 0 saturated heterocycles. The van der Waals surface area contributed by atoms with Crippen LogP contribution in [-0.4, -0.2) is 80.6 Å². The lowest BCUT2D eigenvalue weighted by Crippen LogP contribution is -2.77. The molecular formula is C15H13F17O4. The van der Waals surface area contributed by atoms with E-state index in [1.807, 2.05) is 0 Å². The predicted octanol–water partition coefficient (Wildman–Crippen LogP) is 5.22. The lowest BCUT2D eigenvalue weighted by Gasteiger charge is -2.47. The molecule has 0 amide bonds. The van der Waals surface area contributed by atoms with Gasteiger partial charge in [-0.1, -0.05) is 0 Å². The number of aliphatic hydroxyl groups excluding tert-OH is 1. The Morgan fingerprint density at radius 3 is 1.00 bits per heavy atom. The second kappa shape index (κ2) is 8.35. The zero-order valence-electron chi connectivity index (χ0n) is 17.3. The molecule has 1 atom stereocenters. The average Bonchev–Trinajstić information content (AvgIpc) is 2.65.